The SMILES string of the molecule is Cc1cc(CC(=O)N2C[C@@H](N3CCC(F)(F)CC3)C[C@H]2COC2CCC(C(=O)O)CC2)c(F)cc1NC(=O)c1cn(C)c2ccccc12. The van der Waals surface area contributed by atoms with E-state index in [1.54, 1.807) is 24.1 Å². The summed E-state index contributed by atoms with van der Waals surface area (Å²) in [7, 11) is 1.85. The number of nitrogens with one attached hydrogen (secondary N) is 1. The van der Waals surface area contributed by atoms with Gasteiger partial charge in [0.15, 0.2) is 0 Å². The number of carboxylic acid groups (broad SMARTS) is 1. The molecule has 48 heavy (non-hydrogen) atoms. The zero-order valence-electron chi connectivity index (χ0n) is 27.4. The first-order chi connectivity index (χ1) is 22.9. The van der Waals surface area contributed by atoms with Gasteiger partial charge in [-0.05, 0) is 62.3 Å². The van der Waals surface area contributed by atoms with Crippen LogP contribution in [-0.4, -0.2) is 87.6 Å². The van der Waals surface area contributed by atoms with Crippen molar-refractivity contribution in [3.05, 3.63) is 65.1 Å². The molecule has 3 fully saturated rings. The average Bonchev–Trinajstić information content (AvgIpc) is 3.64. The molecule has 2 aliphatic heterocycles. The van der Waals surface area contributed by atoms with Crippen LogP contribution in [0.1, 0.15) is 66.4 Å². The number of piperidine rings is 1. The van der Waals surface area contributed by atoms with E-state index in [1.165, 1.54) is 6.07 Å². The standard InChI is InChI=1S/C36H43F3N4O5/c1-22-15-24(30(37)18-31(22)40-34(45)29-20-41(2)32-6-4-3-5-28(29)32)16-33(44)43-19-25(42-13-11-36(38,39)12-14-42)17-26(43)21-48-27-9-7-23(8-10-27)35(46)47/h3-6,15,18,20,23,25-27H,7-14,16-17,19,21H2,1-2H3,(H,40,45)(H,46,47)/t23?,25-,26-,27?/m0/s1. The fourth-order valence-electron chi connectivity index (χ4n) is 7.55. The largest absolute Gasteiger partial charge is 0.481 e. The van der Waals surface area contributed by atoms with Gasteiger partial charge in [-0.25, -0.2) is 13.2 Å². The molecule has 2 N–H and O–H groups in total. The minimum Gasteiger partial charge on any atom is -0.481 e. The first kappa shape index (κ1) is 34.0. The van der Waals surface area contributed by atoms with Crippen molar-refractivity contribution in [1.29, 1.82) is 0 Å². The Hall–Kier alpha value is -3.90. The number of aliphatic carboxylic acids is 1. The van der Waals surface area contributed by atoms with E-state index in [1.807, 2.05) is 40.8 Å². The van der Waals surface area contributed by atoms with Crippen LogP contribution in [0.5, 0.6) is 0 Å². The van der Waals surface area contributed by atoms with Crippen LogP contribution in [-0.2, 0) is 27.8 Å². The molecule has 2 atom stereocenters. The summed E-state index contributed by atoms with van der Waals surface area (Å²) in [6.45, 7) is 2.82. The highest BCUT2D eigenvalue weighted by Gasteiger charge is 2.42. The van der Waals surface area contributed by atoms with Crippen molar-refractivity contribution in [2.75, 3.05) is 31.6 Å². The molecule has 12 heteroatoms. The molecule has 9 nitrogen and oxygen atoms in total. The molecule has 1 aliphatic carbocycles. The Morgan fingerprint density at radius 2 is 1.77 bits per heavy atom. The lowest BCUT2D eigenvalue weighted by Gasteiger charge is -2.35. The number of rotatable bonds is 9. The first-order valence-corrected chi connectivity index (χ1v) is 16.8. The number of hydrogen-bond donors (Lipinski definition) is 2. The van der Waals surface area contributed by atoms with Gasteiger partial charge in [0, 0.05) is 68.4 Å². The summed E-state index contributed by atoms with van der Waals surface area (Å²) in [6, 6.07) is 9.92. The highest BCUT2D eigenvalue weighted by molar-refractivity contribution is 6.13. The zero-order chi connectivity index (χ0) is 34.2. The Balaban J connectivity index is 1.13. The Morgan fingerprint density at radius 1 is 1.06 bits per heavy atom. The number of carboxylic acids is 1. The van der Waals surface area contributed by atoms with E-state index in [9.17, 15) is 28.3 Å². The van der Waals surface area contributed by atoms with Crippen LogP contribution in [0.4, 0.5) is 18.9 Å². The molecule has 2 amide bonds. The summed E-state index contributed by atoms with van der Waals surface area (Å²) in [6.07, 6.45) is 3.85. The second-order valence-corrected chi connectivity index (χ2v) is 13.7. The van der Waals surface area contributed by atoms with Crippen molar-refractivity contribution >= 4 is 34.4 Å². The molecular formula is C36H43F3N4O5. The summed E-state index contributed by atoms with van der Waals surface area (Å²) in [5.41, 5.74) is 2.49. The van der Waals surface area contributed by atoms with Crippen molar-refractivity contribution in [1.82, 2.24) is 14.4 Å². The maximum absolute atomic E-state index is 15.5. The minimum absolute atomic E-state index is 0.109. The van der Waals surface area contributed by atoms with Crippen molar-refractivity contribution in [2.24, 2.45) is 13.0 Å². The van der Waals surface area contributed by atoms with E-state index in [2.05, 4.69) is 5.32 Å². The quantitative estimate of drug-likeness (QED) is 0.300. The third kappa shape index (κ3) is 7.39. The number of alkyl halides is 2. The van der Waals surface area contributed by atoms with Gasteiger partial charge < -0.3 is 24.6 Å². The van der Waals surface area contributed by atoms with Gasteiger partial charge in [-0.2, -0.15) is 0 Å². The molecule has 2 aromatic carbocycles. The van der Waals surface area contributed by atoms with Crippen LogP contribution < -0.4 is 5.32 Å². The molecule has 258 valence electrons. The number of aryl methyl sites for hydroxylation is 2. The van der Waals surface area contributed by atoms with Gasteiger partial charge in [-0.3, -0.25) is 19.3 Å². The van der Waals surface area contributed by atoms with Gasteiger partial charge in [0.2, 0.25) is 5.91 Å². The first-order valence-electron chi connectivity index (χ1n) is 16.8. The van der Waals surface area contributed by atoms with E-state index in [0.29, 0.717) is 55.5 Å². The molecule has 1 saturated carbocycles. The van der Waals surface area contributed by atoms with E-state index < -0.39 is 17.7 Å². The van der Waals surface area contributed by atoms with Gasteiger partial charge in [0.1, 0.15) is 5.82 Å². The van der Waals surface area contributed by atoms with Crippen LogP contribution >= 0.6 is 0 Å². The Bertz CT molecular complexity index is 1680. The van der Waals surface area contributed by atoms with Gasteiger partial charge in [0.25, 0.3) is 11.8 Å². The van der Waals surface area contributed by atoms with Crippen LogP contribution in [0.15, 0.2) is 42.6 Å². The van der Waals surface area contributed by atoms with Gasteiger partial charge in [-0.15, -0.1) is 0 Å². The van der Waals surface area contributed by atoms with Crippen LogP contribution in [0.25, 0.3) is 10.9 Å². The van der Waals surface area contributed by atoms with E-state index in [4.69, 9.17) is 4.74 Å². The maximum atomic E-state index is 15.5. The molecular weight excluding hydrogens is 625 g/mol. The molecule has 0 unspecified atom stereocenters. The van der Waals surface area contributed by atoms with Gasteiger partial charge in [-0.1, -0.05) is 24.3 Å². The molecule has 3 aliphatic rings. The molecule has 6 rings (SSSR count). The lowest BCUT2D eigenvalue weighted by atomic mass is 9.87. The number of halogens is 3. The van der Waals surface area contributed by atoms with Crippen LogP contribution in [0.2, 0.25) is 0 Å². The molecule has 0 bridgehead atoms. The summed E-state index contributed by atoms with van der Waals surface area (Å²) in [4.78, 5) is 42.1. The highest BCUT2D eigenvalue weighted by atomic mass is 19.3. The summed E-state index contributed by atoms with van der Waals surface area (Å²) >= 11 is 0. The number of amides is 2. The number of ether oxygens (including phenoxy) is 1. The smallest absolute Gasteiger partial charge is 0.306 e. The number of aromatic nitrogens is 1. The second-order valence-electron chi connectivity index (χ2n) is 13.7. The number of para-hydroxylation sites is 1. The van der Waals surface area contributed by atoms with Crippen LogP contribution in [0.3, 0.4) is 0 Å². The number of carbonyl (C=O) groups is 3. The lowest BCUT2D eigenvalue weighted by Crippen LogP contribution is -2.46. The predicted molar refractivity (Wildman–Crippen MR) is 175 cm³/mol. The molecule has 1 aromatic heterocycles. The number of nitrogens with zero attached hydrogens (tertiary/aromatic N) is 3. The highest BCUT2D eigenvalue weighted by Crippen LogP contribution is 2.34. The van der Waals surface area contributed by atoms with Crippen molar-refractivity contribution < 1.29 is 37.4 Å². The van der Waals surface area contributed by atoms with Crippen molar-refractivity contribution in [3.8, 4) is 0 Å². The number of likely N-dealkylation sites (tertiary alicyclic amines) is 2. The average molecular weight is 669 g/mol. The number of fused-ring (bicyclic) bond motifs is 1. The van der Waals surface area contributed by atoms with Gasteiger partial charge in [0.05, 0.1) is 36.7 Å². The van der Waals surface area contributed by atoms with Gasteiger partial charge >= 0.3 is 5.97 Å². The number of anilines is 1. The number of hydrogen-bond acceptors (Lipinski definition) is 5. The van der Waals surface area contributed by atoms with E-state index in [0.717, 1.165) is 10.9 Å². The molecule has 0 radical (unpaired) electrons. The fraction of sp³-hybridized carbons (Fsp3) is 0.528. The third-order valence-corrected chi connectivity index (χ3v) is 10.4. The molecule has 3 aromatic rings. The molecule has 0 spiro atoms. The van der Waals surface area contributed by atoms with Crippen molar-refractivity contribution in [2.45, 2.75) is 82.4 Å². The normalized spacial score (nSPS) is 24.6. The van der Waals surface area contributed by atoms with E-state index >= 15 is 4.39 Å². The molecule has 2 saturated heterocycles. The zero-order valence-corrected chi connectivity index (χ0v) is 27.4. The number of carbonyl (C=O) groups excluding carboxylic acids is 2. The topological polar surface area (TPSA) is 104 Å². The summed E-state index contributed by atoms with van der Waals surface area (Å²) in [5, 5.41) is 12.9. The monoisotopic (exact) mass is 668 g/mol. The molecule has 3 heterocycles. The summed E-state index contributed by atoms with van der Waals surface area (Å²) < 4.78 is 51.4. The maximum Gasteiger partial charge on any atom is 0.306 e. The second kappa shape index (κ2) is 13.9. The van der Waals surface area contributed by atoms with Crippen molar-refractivity contribution in [3.63, 3.8) is 0 Å². The minimum atomic E-state index is -2.68. The lowest BCUT2D eigenvalue weighted by molar-refractivity contribution is -0.144. The van der Waals surface area contributed by atoms with Crippen LogP contribution in [0, 0.1) is 18.7 Å². The Morgan fingerprint density at radius 3 is 2.48 bits per heavy atom. The predicted octanol–water partition coefficient (Wildman–Crippen LogP) is 5.78. The Kier molecular flexibility index (Phi) is 9.85. The number of benzene rings is 2. The third-order valence-electron chi connectivity index (χ3n) is 10.4. The summed E-state index contributed by atoms with van der Waals surface area (Å²) in [5.74, 6) is -5.10. The Labute approximate surface area is 278 Å². The fourth-order valence-corrected chi connectivity index (χ4v) is 7.55. The van der Waals surface area contributed by atoms with E-state index in [-0.39, 0.29) is 80.4 Å².